The normalized spacial score (nSPS) is 20.2. The fourth-order valence-electron chi connectivity index (χ4n) is 3.41. The highest BCUT2D eigenvalue weighted by molar-refractivity contribution is 7.13. The Balaban J connectivity index is 1.37. The maximum absolute atomic E-state index is 12.5. The van der Waals surface area contributed by atoms with Crippen LogP contribution in [0.1, 0.15) is 29.9 Å². The van der Waals surface area contributed by atoms with Gasteiger partial charge in [0.1, 0.15) is 0 Å². The van der Waals surface area contributed by atoms with Gasteiger partial charge in [-0.15, -0.1) is 11.3 Å². The molecule has 28 heavy (non-hydrogen) atoms. The van der Waals surface area contributed by atoms with Crippen molar-refractivity contribution in [2.24, 2.45) is 0 Å². The Hall–Kier alpha value is -2.55. The van der Waals surface area contributed by atoms with E-state index in [0.717, 1.165) is 31.0 Å². The number of hydrogen-bond acceptors (Lipinski definition) is 6. The average Bonchev–Trinajstić information content (AvgIpc) is 3.31. The molecular weight excluding hydrogens is 374 g/mol. The second kappa shape index (κ2) is 8.22. The van der Waals surface area contributed by atoms with E-state index in [0.29, 0.717) is 10.7 Å². The zero-order chi connectivity index (χ0) is 19.5. The summed E-state index contributed by atoms with van der Waals surface area (Å²) in [6, 6.07) is 9.69. The van der Waals surface area contributed by atoms with Crippen LogP contribution in [0.5, 0.6) is 0 Å². The second-order valence-electron chi connectivity index (χ2n) is 7.06. The third-order valence-corrected chi connectivity index (χ3v) is 5.33. The van der Waals surface area contributed by atoms with Gasteiger partial charge in [0.15, 0.2) is 5.13 Å². The van der Waals surface area contributed by atoms with Crippen molar-refractivity contribution in [1.29, 1.82) is 0 Å². The third-order valence-electron chi connectivity index (χ3n) is 4.52. The summed E-state index contributed by atoms with van der Waals surface area (Å²) in [5.41, 5.74) is 2.37. The van der Waals surface area contributed by atoms with Gasteiger partial charge in [0.2, 0.25) is 0 Å². The highest BCUT2D eigenvalue weighted by Gasteiger charge is 2.23. The van der Waals surface area contributed by atoms with E-state index in [1.807, 2.05) is 35.7 Å². The molecule has 146 valence electrons. The van der Waals surface area contributed by atoms with Crippen LogP contribution in [0, 0.1) is 0 Å². The topological polar surface area (TPSA) is 72.3 Å². The van der Waals surface area contributed by atoms with Crippen molar-refractivity contribution in [2.75, 3.05) is 18.4 Å². The van der Waals surface area contributed by atoms with Crippen LogP contribution in [0.15, 0.2) is 48.1 Å². The van der Waals surface area contributed by atoms with Crippen molar-refractivity contribution < 1.29 is 9.53 Å². The van der Waals surface area contributed by atoms with Gasteiger partial charge in [-0.1, -0.05) is 18.2 Å². The number of aromatic nitrogens is 3. The Bertz CT molecular complexity index is 929. The first kappa shape index (κ1) is 18.8. The largest absolute Gasteiger partial charge is 0.373 e. The first-order valence-corrected chi connectivity index (χ1v) is 10.2. The van der Waals surface area contributed by atoms with Crippen molar-refractivity contribution in [2.45, 2.75) is 32.6 Å². The molecule has 1 aromatic carbocycles. The smallest absolute Gasteiger partial charge is 0.260 e. The molecule has 2 aromatic heterocycles. The van der Waals surface area contributed by atoms with Crippen molar-refractivity contribution in [3.63, 3.8) is 0 Å². The molecule has 1 amide bonds. The lowest BCUT2D eigenvalue weighted by Gasteiger charge is -2.34. The van der Waals surface area contributed by atoms with Crippen LogP contribution >= 0.6 is 11.3 Å². The Labute approximate surface area is 168 Å². The summed E-state index contributed by atoms with van der Waals surface area (Å²) in [7, 11) is 0. The summed E-state index contributed by atoms with van der Waals surface area (Å²) in [6.45, 7) is 6.72. The zero-order valence-electron chi connectivity index (χ0n) is 15.9. The van der Waals surface area contributed by atoms with Crippen LogP contribution in [0.4, 0.5) is 5.13 Å². The van der Waals surface area contributed by atoms with E-state index in [1.54, 1.807) is 17.1 Å². The molecule has 1 saturated heterocycles. The molecule has 4 rings (SSSR count). The number of carbonyl (C=O) groups excluding carboxylic acids is 1. The van der Waals surface area contributed by atoms with Gasteiger partial charge in [0, 0.05) is 31.2 Å². The third kappa shape index (κ3) is 4.46. The molecular formula is C20H23N5O2S. The quantitative estimate of drug-likeness (QED) is 0.716. The molecule has 1 aliphatic rings. The fraction of sp³-hybridized carbons (Fsp3) is 0.350. The Morgan fingerprint density at radius 3 is 2.75 bits per heavy atom. The summed E-state index contributed by atoms with van der Waals surface area (Å²) < 4.78 is 7.45. The minimum Gasteiger partial charge on any atom is -0.373 e. The molecule has 3 aromatic rings. The predicted molar refractivity (Wildman–Crippen MR) is 109 cm³/mol. The van der Waals surface area contributed by atoms with Gasteiger partial charge in [0.05, 0.1) is 35.3 Å². The molecule has 3 heterocycles. The number of para-hydroxylation sites is 1. The number of thiazole rings is 1. The molecule has 1 fully saturated rings. The summed E-state index contributed by atoms with van der Waals surface area (Å²) in [5.74, 6) is -0.211. The minimum atomic E-state index is -0.211. The van der Waals surface area contributed by atoms with E-state index in [9.17, 15) is 4.79 Å². The number of ether oxygens (including phenoxy) is 1. The van der Waals surface area contributed by atoms with Gasteiger partial charge in [-0.05, 0) is 26.0 Å². The van der Waals surface area contributed by atoms with E-state index < -0.39 is 0 Å². The first-order valence-electron chi connectivity index (χ1n) is 9.30. The summed E-state index contributed by atoms with van der Waals surface area (Å²) in [4.78, 5) is 19.4. The summed E-state index contributed by atoms with van der Waals surface area (Å²) in [6.07, 6.45) is 3.73. The monoisotopic (exact) mass is 397 g/mol. The number of rotatable bonds is 5. The first-order chi connectivity index (χ1) is 13.6. The molecule has 0 bridgehead atoms. The van der Waals surface area contributed by atoms with E-state index in [4.69, 9.17) is 4.74 Å². The molecule has 0 aliphatic carbocycles. The summed E-state index contributed by atoms with van der Waals surface area (Å²) in [5, 5.41) is 9.73. The van der Waals surface area contributed by atoms with Gasteiger partial charge >= 0.3 is 0 Å². The standard InChI is InChI=1S/C20H23N5O2S/c1-14-9-24(10-15(2)27-14)12-17-13-28-20(22-17)23-19(26)16-8-21-25(11-16)18-6-4-3-5-7-18/h3-8,11,13-15H,9-10,12H2,1-2H3,(H,22,23,26). The molecule has 7 nitrogen and oxygen atoms in total. The molecule has 0 saturated carbocycles. The molecule has 0 spiro atoms. The van der Waals surface area contributed by atoms with Gasteiger partial charge in [-0.25, -0.2) is 9.67 Å². The van der Waals surface area contributed by atoms with Crippen molar-refractivity contribution in [3.8, 4) is 5.69 Å². The average molecular weight is 398 g/mol. The van der Waals surface area contributed by atoms with Crippen LogP contribution in [0.25, 0.3) is 5.69 Å². The molecule has 1 aliphatic heterocycles. The Morgan fingerprint density at radius 2 is 2.00 bits per heavy atom. The second-order valence-corrected chi connectivity index (χ2v) is 7.92. The zero-order valence-corrected chi connectivity index (χ0v) is 16.7. The SMILES string of the molecule is CC1CN(Cc2csc(NC(=O)c3cnn(-c4ccccc4)c3)n2)CC(C)O1. The number of anilines is 1. The lowest BCUT2D eigenvalue weighted by atomic mass is 10.2. The summed E-state index contributed by atoms with van der Waals surface area (Å²) >= 11 is 1.44. The van der Waals surface area contributed by atoms with Crippen molar-refractivity contribution >= 4 is 22.4 Å². The highest BCUT2D eigenvalue weighted by atomic mass is 32.1. The van der Waals surface area contributed by atoms with Crippen LogP contribution in [0.3, 0.4) is 0 Å². The predicted octanol–water partition coefficient (Wildman–Crippen LogP) is 3.19. The van der Waals surface area contributed by atoms with E-state index in [2.05, 4.69) is 34.1 Å². The number of morpholine rings is 1. The molecule has 1 N–H and O–H groups in total. The molecule has 8 heteroatoms. The van der Waals surface area contributed by atoms with E-state index in [1.165, 1.54) is 11.3 Å². The minimum absolute atomic E-state index is 0.211. The number of nitrogens with one attached hydrogen (secondary N) is 1. The Morgan fingerprint density at radius 1 is 1.25 bits per heavy atom. The van der Waals surface area contributed by atoms with Crippen LogP contribution < -0.4 is 5.32 Å². The van der Waals surface area contributed by atoms with Crippen molar-refractivity contribution in [1.82, 2.24) is 19.7 Å². The van der Waals surface area contributed by atoms with Crippen LogP contribution in [0.2, 0.25) is 0 Å². The fourth-order valence-corrected chi connectivity index (χ4v) is 4.11. The van der Waals surface area contributed by atoms with E-state index in [-0.39, 0.29) is 18.1 Å². The Kier molecular flexibility index (Phi) is 5.52. The molecule has 2 unspecified atom stereocenters. The van der Waals surface area contributed by atoms with Gasteiger partial charge in [0.25, 0.3) is 5.91 Å². The van der Waals surface area contributed by atoms with Gasteiger partial charge in [-0.2, -0.15) is 5.10 Å². The van der Waals surface area contributed by atoms with Crippen LogP contribution in [-0.4, -0.2) is 50.9 Å². The molecule has 0 radical (unpaired) electrons. The lowest BCUT2D eigenvalue weighted by Crippen LogP contribution is -2.44. The highest BCUT2D eigenvalue weighted by Crippen LogP contribution is 2.20. The molecule has 2 atom stereocenters. The number of carbonyl (C=O) groups is 1. The van der Waals surface area contributed by atoms with Gasteiger partial charge < -0.3 is 4.74 Å². The van der Waals surface area contributed by atoms with Crippen molar-refractivity contribution in [3.05, 3.63) is 59.4 Å². The van der Waals surface area contributed by atoms with Gasteiger partial charge in [-0.3, -0.25) is 15.0 Å². The number of benzene rings is 1. The number of nitrogens with zero attached hydrogens (tertiary/aromatic N) is 4. The maximum atomic E-state index is 12.5. The maximum Gasteiger partial charge on any atom is 0.260 e. The number of amides is 1. The van der Waals surface area contributed by atoms with E-state index >= 15 is 0 Å². The van der Waals surface area contributed by atoms with Crippen LogP contribution in [-0.2, 0) is 11.3 Å². The number of hydrogen-bond donors (Lipinski definition) is 1. The lowest BCUT2D eigenvalue weighted by molar-refractivity contribution is -0.0707.